The number of nitrogens with one attached hydrogen (secondary N) is 1. The number of hydrogen-bond donors (Lipinski definition) is 1. The van der Waals surface area contributed by atoms with Gasteiger partial charge in [0, 0.05) is 7.11 Å². The molecule has 17 heavy (non-hydrogen) atoms. The fraction of sp³-hybridized carbons (Fsp3) is 0.364. The van der Waals surface area contributed by atoms with Gasteiger partial charge < -0.3 is 10.1 Å². The number of nitrogens with zero attached hydrogens (tertiary/aromatic N) is 4. The molecule has 0 bridgehead atoms. The van der Waals surface area contributed by atoms with Crippen molar-refractivity contribution in [1.82, 2.24) is 20.2 Å². The molecule has 0 radical (unpaired) electrons. The average molecular weight is 233 g/mol. The van der Waals surface area contributed by atoms with Gasteiger partial charge in [0.05, 0.1) is 6.54 Å². The molecule has 1 aromatic carbocycles. The van der Waals surface area contributed by atoms with Crippen LogP contribution in [-0.2, 0) is 11.3 Å². The molecule has 1 unspecified atom stereocenters. The number of ether oxygens (including phenoxy) is 1. The monoisotopic (exact) mass is 233 g/mol. The zero-order valence-corrected chi connectivity index (χ0v) is 9.87. The van der Waals surface area contributed by atoms with Gasteiger partial charge in [0.1, 0.15) is 6.23 Å². The molecular formula is C11H15N5O. The third kappa shape index (κ3) is 3.25. The Morgan fingerprint density at radius 1 is 1.35 bits per heavy atom. The Morgan fingerprint density at radius 2 is 2.12 bits per heavy atom. The van der Waals surface area contributed by atoms with Gasteiger partial charge in [0.2, 0.25) is 0 Å². The molecule has 0 aliphatic carbocycles. The molecule has 90 valence electrons. The number of tetrazole rings is 1. The van der Waals surface area contributed by atoms with Crippen LogP contribution in [0.2, 0.25) is 0 Å². The molecule has 2 aromatic rings. The molecule has 0 aliphatic heterocycles. The Kier molecular flexibility index (Phi) is 3.66. The molecule has 1 heterocycles. The lowest BCUT2D eigenvalue weighted by Crippen LogP contribution is -2.18. The van der Waals surface area contributed by atoms with Crippen LogP contribution < -0.4 is 5.32 Å². The van der Waals surface area contributed by atoms with Gasteiger partial charge in [-0.25, -0.2) is 0 Å². The van der Waals surface area contributed by atoms with E-state index in [1.807, 2.05) is 37.3 Å². The maximum atomic E-state index is 5.05. The Labute approximate surface area is 99.6 Å². The largest absolute Gasteiger partial charge is 0.362 e. The lowest BCUT2D eigenvalue weighted by atomic mass is 10.2. The van der Waals surface area contributed by atoms with Gasteiger partial charge in [-0.15, -0.1) is 5.10 Å². The van der Waals surface area contributed by atoms with Crippen molar-refractivity contribution in [1.29, 1.82) is 0 Å². The van der Waals surface area contributed by atoms with Crippen LogP contribution in [0.4, 0.5) is 5.95 Å². The van der Waals surface area contributed by atoms with Crippen LogP contribution in [0.5, 0.6) is 0 Å². The van der Waals surface area contributed by atoms with Gasteiger partial charge in [0.25, 0.3) is 5.95 Å². The van der Waals surface area contributed by atoms with Crippen molar-refractivity contribution in [3.05, 3.63) is 35.9 Å². The van der Waals surface area contributed by atoms with Crippen LogP contribution in [0.25, 0.3) is 0 Å². The second-order valence-electron chi connectivity index (χ2n) is 3.65. The van der Waals surface area contributed by atoms with E-state index in [0.29, 0.717) is 12.5 Å². The fourth-order valence-corrected chi connectivity index (χ4v) is 1.36. The van der Waals surface area contributed by atoms with Crippen LogP contribution in [0.3, 0.4) is 0 Å². The number of methoxy groups -OCH3 is 1. The third-order valence-electron chi connectivity index (χ3n) is 2.31. The van der Waals surface area contributed by atoms with Crippen LogP contribution in [-0.4, -0.2) is 33.5 Å². The van der Waals surface area contributed by atoms with E-state index in [4.69, 9.17) is 4.74 Å². The van der Waals surface area contributed by atoms with Crippen molar-refractivity contribution in [3.8, 4) is 0 Å². The number of aromatic nitrogens is 4. The summed E-state index contributed by atoms with van der Waals surface area (Å²) in [4.78, 5) is 1.54. The van der Waals surface area contributed by atoms with Crippen molar-refractivity contribution in [3.63, 3.8) is 0 Å². The highest BCUT2D eigenvalue weighted by Gasteiger charge is 2.05. The van der Waals surface area contributed by atoms with Crippen LogP contribution in [0.15, 0.2) is 30.3 Å². The summed E-state index contributed by atoms with van der Waals surface area (Å²) in [5, 5.41) is 15.0. The van der Waals surface area contributed by atoms with E-state index in [-0.39, 0.29) is 6.23 Å². The molecule has 1 aromatic heterocycles. The van der Waals surface area contributed by atoms with E-state index >= 15 is 0 Å². The molecule has 0 saturated carbocycles. The van der Waals surface area contributed by atoms with Gasteiger partial charge in [-0.1, -0.05) is 35.4 Å². The molecule has 2 rings (SSSR count). The van der Waals surface area contributed by atoms with Crippen LogP contribution in [0.1, 0.15) is 12.5 Å². The van der Waals surface area contributed by atoms with Crippen molar-refractivity contribution in [2.45, 2.75) is 19.7 Å². The molecule has 1 atom stereocenters. The molecule has 6 nitrogen and oxygen atoms in total. The summed E-state index contributed by atoms with van der Waals surface area (Å²) >= 11 is 0. The number of anilines is 1. The molecule has 0 aliphatic rings. The van der Waals surface area contributed by atoms with E-state index in [2.05, 4.69) is 20.7 Å². The summed E-state index contributed by atoms with van der Waals surface area (Å²) in [5.74, 6) is 0.468. The van der Waals surface area contributed by atoms with Gasteiger partial charge in [-0.05, 0) is 17.7 Å². The number of rotatable bonds is 5. The zero-order chi connectivity index (χ0) is 12.1. The first-order chi connectivity index (χ1) is 8.28. The topological polar surface area (TPSA) is 64.9 Å². The third-order valence-corrected chi connectivity index (χ3v) is 2.31. The Hall–Kier alpha value is -1.95. The smallest absolute Gasteiger partial charge is 0.265 e. The summed E-state index contributed by atoms with van der Waals surface area (Å²) in [5.41, 5.74) is 1.14. The number of benzene rings is 1. The first-order valence-corrected chi connectivity index (χ1v) is 5.39. The molecule has 6 heteroatoms. The maximum Gasteiger partial charge on any atom is 0.265 e. The predicted octanol–water partition coefficient (Wildman–Crippen LogP) is 1.13. The number of hydrogen-bond acceptors (Lipinski definition) is 5. The normalized spacial score (nSPS) is 12.4. The molecule has 0 fully saturated rings. The van der Waals surface area contributed by atoms with Crippen LogP contribution in [0, 0.1) is 0 Å². The highest BCUT2D eigenvalue weighted by Crippen LogP contribution is 2.02. The molecular weight excluding hydrogens is 218 g/mol. The summed E-state index contributed by atoms with van der Waals surface area (Å²) in [7, 11) is 1.62. The molecule has 0 amide bonds. The molecule has 0 spiro atoms. The maximum absolute atomic E-state index is 5.05. The zero-order valence-electron chi connectivity index (χ0n) is 9.87. The van der Waals surface area contributed by atoms with Gasteiger partial charge in [0.15, 0.2) is 0 Å². The van der Waals surface area contributed by atoms with E-state index in [1.165, 1.54) is 0 Å². The summed E-state index contributed by atoms with van der Waals surface area (Å²) < 4.78 is 5.05. The SMILES string of the molecule is COC(C)Nc1nnn(Cc2ccccc2)n1. The lowest BCUT2D eigenvalue weighted by Gasteiger charge is -2.08. The summed E-state index contributed by atoms with van der Waals surface area (Å²) in [6.45, 7) is 2.48. The van der Waals surface area contributed by atoms with E-state index in [9.17, 15) is 0 Å². The Bertz CT molecular complexity index is 456. The summed E-state index contributed by atoms with van der Waals surface area (Å²) in [6.07, 6.45) is -0.135. The highest BCUT2D eigenvalue weighted by molar-refractivity contribution is 5.20. The van der Waals surface area contributed by atoms with E-state index in [1.54, 1.807) is 11.9 Å². The quantitative estimate of drug-likeness (QED) is 0.784. The van der Waals surface area contributed by atoms with Crippen molar-refractivity contribution in [2.75, 3.05) is 12.4 Å². The van der Waals surface area contributed by atoms with Crippen molar-refractivity contribution >= 4 is 5.95 Å². The first kappa shape index (κ1) is 11.5. The van der Waals surface area contributed by atoms with Crippen molar-refractivity contribution < 1.29 is 4.74 Å². The molecule has 0 saturated heterocycles. The fourth-order valence-electron chi connectivity index (χ4n) is 1.36. The van der Waals surface area contributed by atoms with Gasteiger partial charge >= 0.3 is 0 Å². The minimum atomic E-state index is -0.135. The minimum absolute atomic E-state index is 0.135. The average Bonchev–Trinajstić information content (AvgIpc) is 2.77. The standard InChI is InChI=1S/C11H15N5O/c1-9(17-2)12-11-13-15-16(14-11)8-10-6-4-3-5-7-10/h3-7,9H,8H2,1-2H3,(H,12,14). The first-order valence-electron chi connectivity index (χ1n) is 5.39. The van der Waals surface area contributed by atoms with Crippen molar-refractivity contribution in [2.24, 2.45) is 0 Å². The predicted molar refractivity (Wildman–Crippen MR) is 63.5 cm³/mol. The molecule has 1 N–H and O–H groups in total. The second-order valence-corrected chi connectivity index (χ2v) is 3.65. The second kappa shape index (κ2) is 5.40. The lowest BCUT2D eigenvalue weighted by molar-refractivity contribution is 0.140. The van der Waals surface area contributed by atoms with Crippen LogP contribution >= 0.6 is 0 Å². The highest BCUT2D eigenvalue weighted by atomic mass is 16.5. The van der Waals surface area contributed by atoms with E-state index in [0.717, 1.165) is 5.56 Å². The van der Waals surface area contributed by atoms with E-state index < -0.39 is 0 Å². The summed E-state index contributed by atoms with van der Waals surface area (Å²) in [6, 6.07) is 9.99. The van der Waals surface area contributed by atoms with Gasteiger partial charge in [-0.3, -0.25) is 0 Å². The Balaban J connectivity index is 1.99. The minimum Gasteiger partial charge on any atom is -0.362 e. The Morgan fingerprint density at radius 3 is 2.82 bits per heavy atom. The van der Waals surface area contributed by atoms with Gasteiger partial charge in [-0.2, -0.15) is 4.80 Å².